The van der Waals surface area contributed by atoms with Gasteiger partial charge in [0.1, 0.15) is 10.3 Å². The van der Waals surface area contributed by atoms with E-state index in [1.54, 1.807) is 29.2 Å². The van der Waals surface area contributed by atoms with Crippen LogP contribution in [-0.4, -0.2) is 33.0 Å². The van der Waals surface area contributed by atoms with Gasteiger partial charge in [0.05, 0.1) is 16.8 Å². The van der Waals surface area contributed by atoms with Crippen LogP contribution in [0.2, 0.25) is 0 Å². The van der Waals surface area contributed by atoms with Gasteiger partial charge in [0.25, 0.3) is 11.5 Å². The summed E-state index contributed by atoms with van der Waals surface area (Å²) in [4.78, 5) is 44.6. The molecule has 4 aromatic rings. The van der Waals surface area contributed by atoms with Gasteiger partial charge in [-0.2, -0.15) is 9.50 Å². The van der Waals surface area contributed by atoms with Crippen LogP contribution in [0.1, 0.15) is 32.3 Å². The molecule has 9 heteroatoms. The van der Waals surface area contributed by atoms with E-state index in [0.29, 0.717) is 32.9 Å². The number of hydrogen-bond donors (Lipinski definition) is 0. The fourth-order valence-corrected chi connectivity index (χ4v) is 4.93. The van der Waals surface area contributed by atoms with E-state index in [1.165, 1.54) is 11.4 Å². The highest BCUT2D eigenvalue weighted by molar-refractivity contribution is 7.15. The smallest absolute Gasteiger partial charge is 0.308 e. The summed E-state index contributed by atoms with van der Waals surface area (Å²) in [5.41, 5.74) is 2.08. The fourth-order valence-electron chi connectivity index (χ4n) is 3.93. The number of amides is 1. The molecule has 0 saturated heterocycles. The molecule has 8 nitrogen and oxygen atoms in total. The van der Waals surface area contributed by atoms with Crippen LogP contribution in [0.15, 0.2) is 53.3 Å². The van der Waals surface area contributed by atoms with Crippen molar-refractivity contribution in [2.75, 3.05) is 11.4 Å². The van der Waals surface area contributed by atoms with Gasteiger partial charge in [-0.25, -0.2) is 0 Å². The molecule has 1 aliphatic rings. The molecule has 1 aliphatic heterocycles. The highest BCUT2D eigenvalue weighted by Gasteiger charge is 2.33. The minimum atomic E-state index is -0.460. The van der Waals surface area contributed by atoms with E-state index in [4.69, 9.17) is 4.74 Å². The monoisotopic (exact) mass is 460 g/mol. The molecule has 0 saturated carbocycles. The number of unbranched alkanes of at least 4 members (excludes halogenated alkanes) is 1. The third-order valence-corrected chi connectivity index (χ3v) is 6.45. The van der Waals surface area contributed by atoms with Crippen molar-refractivity contribution in [3.8, 4) is 17.1 Å². The highest BCUT2D eigenvalue weighted by Crippen LogP contribution is 2.35. The molecule has 166 valence electrons. The quantitative estimate of drug-likeness (QED) is 0.336. The van der Waals surface area contributed by atoms with Gasteiger partial charge in [0, 0.05) is 19.0 Å². The molecule has 33 heavy (non-hydrogen) atoms. The number of aromatic nitrogens is 3. The summed E-state index contributed by atoms with van der Waals surface area (Å²) in [6, 6.07) is 14.4. The van der Waals surface area contributed by atoms with Crippen molar-refractivity contribution >= 4 is 39.4 Å². The number of hydrogen-bond acceptors (Lipinski definition) is 7. The number of fused-ring (bicyclic) bond motifs is 2. The van der Waals surface area contributed by atoms with Gasteiger partial charge >= 0.3 is 5.97 Å². The molecule has 0 aliphatic carbocycles. The zero-order chi connectivity index (χ0) is 23.1. The second-order valence-corrected chi connectivity index (χ2v) is 8.64. The lowest BCUT2D eigenvalue weighted by atomic mass is 10.1. The average molecular weight is 461 g/mol. The van der Waals surface area contributed by atoms with Crippen LogP contribution in [-0.2, 0) is 9.59 Å². The normalized spacial score (nSPS) is 14.7. The first-order chi connectivity index (χ1) is 16.0. The van der Waals surface area contributed by atoms with Crippen molar-refractivity contribution < 1.29 is 14.3 Å². The van der Waals surface area contributed by atoms with Gasteiger partial charge in [-0.05, 0) is 24.6 Å². The maximum atomic E-state index is 13.3. The second kappa shape index (κ2) is 8.25. The minimum absolute atomic E-state index is 0.174. The number of para-hydroxylation sites is 2. The van der Waals surface area contributed by atoms with E-state index in [-0.39, 0.29) is 11.7 Å². The number of rotatable bonds is 5. The maximum Gasteiger partial charge on any atom is 0.308 e. The summed E-state index contributed by atoms with van der Waals surface area (Å²) >= 11 is 1.13. The van der Waals surface area contributed by atoms with Crippen molar-refractivity contribution in [3.63, 3.8) is 0 Å². The van der Waals surface area contributed by atoms with Crippen molar-refractivity contribution in [1.82, 2.24) is 14.6 Å². The van der Waals surface area contributed by atoms with Crippen molar-refractivity contribution in [3.05, 3.63) is 69.0 Å². The fraction of sp³-hybridized carbons (Fsp3) is 0.208. The number of anilines is 1. The number of carbonyl (C=O) groups is 2. The number of nitrogens with zero attached hydrogens (tertiary/aromatic N) is 4. The Balaban J connectivity index is 1.66. The Morgan fingerprint density at radius 1 is 1.06 bits per heavy atom. The van der Waals surface area contributed by atoms with E-state index in [2.05, 4.69) is 17.0 Å². The Morgan fingerprint density at radius 3 is 2.52 bits per heavy atom. The van der Waals surface area contributed by atoms with E-state index in [1.807, 2.05) is 24.3 Å². The molecule has 0 fully saturated rings. The Morgan fingerprint density at radius 2 is 1.79 bits per heavy atom. The lowest BCUT2D eigenvalue weighted by Crippen LogP contribution is -2.33. The van der Waals surface area contributed by atoms with E-state index in [9.17, 15) is 14.4 Å². The Bertz CT molecular complexity index is 1520. The van der Waals surface area contributed by atoms with Crippen molar-refractivity contribution in [1.29, 1.82) is 0 Å². The Kier molecular flexibility index (Phi) is 5.26. The predicted octanol–water partition coefficient (Wildman–Crippen LogP) is 2.81. The predicted molar refractivity (Wildman–Crippen MR) is 125 cm³/mol. The Hall–Kier alpha value is -3.85. The first-order valence-electron chi connectivity index (χ1n) is 10.6. The number of thiazole rings is 1. The van der Waals surface area contributed by atoms with Crippen LogP contribution in [0.5, 0.6) is 5.75 Å². The van der Waals surface area contributed by atoms with Gasteiger partial charge in [-0.1, -0.05) is 55.0 Å². The van der Waals surface area contributed by atoms with Gasteiger partial charge in [0.2, 0.25) is 4.96 Å². The van der Waals surface area contributed by atoms with E-state index in [0.717, 1.165) is 35.4 Å². The molecular weight excluding hydrogens is 440 g/mol. The molecule has 0 spiro atoms. The number of ether oxygens (including phenoxy) is 1. The summed E-state index contributed by atoms with van der Waals surface area (Å²) in [5.74, 6) is -0.0457. The van der Waals surface area contributed by atoms with Gasteiger partial charge < -0.3 is 9.64 Å². The molecular formula is C24H20N4O4S. The molecule has 3 heterocycles. The van der Waals surface area contributed by atoms with Crippen LogP contribution in [0.4, 0.5) is 5.69 Å². The zero-order valence-corrected chi connectivity index (χ0v) is 18.9. The standard InChI is InChI=1S/C24H20N4O4S/c1-3-4-13-27-17-11-7-5-9-15(17)19(22(27)30)20-23(31)28-24(33-20)25-21(26-28)16-10-6-8-12-18(16)32-14(2)29/h5-12H,3-4,13H2,1-2H3. The molecule has 2 aromatic heterocycles. The first kappa shape index (κ1) is 21.0. The molecule has 0 unspecified atom stereocenters. The number of esters is 1. The van der Waals surface area contributed by atoms with Crippen molar-refractivity contribution in [2.24, 2.45) is 0 Å². The lowest BCUT2D eigenvalue weighted by Gasteiger charge is -2.16. The molecule has 5 rings (SSSR count). The molecule has 0 bridgehead atoms. The van der Waals surface area contributed by atoms with Crippen LogP contribution in [0, 0.1) is 0 Å². The SMILES string of the molecule is CCCCN1C(=O)C(=c2sc3nc(-c4ccccc4OC(C)=O)nn3c2=O)c2ccccc21. The lowest BCUT2D eigenvalue weighted by molar-refractivity contribution is -0.131. The van der Waals surface area contributed by atoms with Gasteiger partial charge in [0.15, 0.2) is 5.82 Å². The molecule has 2 aromatic carbocycles. The first-order valence-corrected chi connectivity index (χ1v) is 11.4. The largest absolute Gasteiger partial charge is 0.426 e. The zero-order valence-electron chi connectivity index (χ0n) is 18.1. The average Bonchev–Trinajstić information content (AvgIpc) is 3.43. The van der Waals surface area contributed by atoms with Gasteiger partial charge in [-0.15, -0.1) is 5.10 Å². The highest BCUT2D eigenvalue weighted by atomic mass is 32.1. The second-order valence-electron chi connectivity index (χ2n) is 7.66. The van der Waals surface area contributed by atoms with Crippen molar-refractivity contribution in [2.45, 2.75) is 26.7 Å². The third kappa shape index (κ3) is 3.50. The van der Waals surface area contributed by atoms with Gasteiger partial charge in [-0.3, -0.25) is 14.4 Å². The van der Waals surface area contributed by atoms with Crippen LogP contribution < -0.4 is 19.7 Å². The van der Waals surface area contributed by atoms with Crippen LogP contribution in [0.3, 0.4) is 0 Å². The summed E-state index contributed by atoms with van der Waals surface area (Å²) in [7, 11) is 0. The summed E-state index contributed by atoms with van der Waals surface area (Å²) < 4.78 is 6.77. The molecule has 0 N–H and O–H groups in total. The molecule has 0 radical (unpaired) electrons. The number of benzene rings is 2. The maximum absolute atomic E-state index is 13.3. The minimum Gasteiger partial charge on any atom is -0.426 e. The third-order valence-electron chi connectivity index (χ3n) is 5.42. The molecule has 0 atom stereocenters. The molecule has 1 amide bonds. The van der Waals surface area contributed by atoms with Crippen LogP contribution >= 0.6 is 11.3 Å². The summed E-state index contributed by atoms with van der Waals surface area (Å²) in [6.45, 7) is 3.99. The van der Waals surface area contributed by atoms with E-state index >= 15 is 0 Å². The summed E-state index contributed by atoms with van der Waals surface area (Å²) in [5, 5.41) is 4.37. The van der Waals surface area contributed by atoms with Crippen LogP contribution in [0.25, 0.3) is 21.9 Å². The number of carbonyl (C=O) groups excluding carboxylic acids is 2. The topological polar surface area (TPSA) is 93.9 Å². The Labute approximate surface area is 192 Å². The van der Waals surface area contributed by atoms with E-state index < -0.39 is 11.5 Å². The summed E-state index contributed by atoms with van der Waals surface area (Å²) in [6.07, 6.45) is 1.83.